The van der Waals surface area contributed by atoms with E-state index in [-0.39, 0.29) is 22.5 Å². The van der Waals surface area contributed by atoms with Crippen molar-refractivity contribution in [1.29, 1.82) is 0 Å². The molecule has 5 nitrogen and oxygen atoms in total. The van der Waals surface area contributed by atoms with Gasteiger partial charge in [-0.15, -0.1) is 0 Å². The first-order valence-electron chi connectivity index (χ1n) is 7.70. The maximum Gasteiger partial charge on any atom is 0.266 e. The SMILES string of the molecule is Cc1ccc([C@@H](NC(=O)c2c[nH]c(=O)c(Cl)c2)c2ccncc2)cc1. The van der Waals surface area contributed by atoms with E-state index in [1.54, 1.807) is 12.4 Å². The van der Waals surface area contributed by atoms with Gasteiger partial charge in [0.1, 0.15) is 5.02 Å². The fourth-order valence-electron chi connectivity index (χ4n) is 2.48. The zero-order chi connectivity index (χ0) is 17.8. The molecule has 0 bridgehead atoms. The Bertz CT molecular complexity index is 937. The lowest BCUT2D eigenvalue weighted by Crippen LogP contribution is -2.30. The Hall–Kier alpha value is -2.92. The lowest BCUT2D eigenvalue weighted by atomic mass is 9.98. The highest BCUT2D eigenvalue weighted by atomic mass is 35.5. The van der Waals surface area contributed by atoms with Gasteiger partial charge < -0.3 is 10.3 Å². The van der Waals surface area contributed by atoms with Gasteiger partial charge in [0.2, 0.25) is 0 Å². The summed E-state index contributed by atoms with van der Waals surface area (Å²) in [6, 6.07) is 12.6. The average Bonchev–Trinajstić information content (AvgIpc) is 2.63. The molecule has 1 atom stereocenters. The second kappa shape index (κ2) is 7.32. The largest absolute Gasteiger partial charge is 0.341 e. The van der Waals surface area contributed by atoms with Crippen molar-refractivity contribution in [2.45, 2.75) is 13.0 Å². The number of carbonyl (C=O) groups is 1. The Balaban J connectivity index is 1.94. The minimum absolute atomic E-state index is 0.0246. The van der Waals surface area contributed by atoms with E-state index >= 15 is 0 Å². The van der Waals surface area contributed by atoms with Crippen molar-refractivity contribution in [3.05, 3.63) is 98.7 Å². The molecule has 0 aliphatic carbocycles. The molecule has 126 valence electrons. The van der Waals surface area contributed by atoms with E-state index in [0.29, 0.717) is 0 Å². The van der Waals surface area contributed by atoms with E-state index in [0.717, 1.165) is 16.7 Å². The molecule has 2 aromatic heterocycles. The first-order valence-corrected chi connectivity index (χ1v) is 8.08. The highest BCUT2D eigenvalue weighted by Gasteiger charge is 2.18. The Morgan fingerprint density at radius 1 is 1.12 bits per heavy atom. The molecule has 25 heavy (non-hydrogen) atoms. The van der Waals surface area contributed by atoms with Gasteiger partial charge in [-0.25, -0.2) is 0 Å². The summed E-state index contributed by atoms with van der Waals surface area (Å²) in [6.45, 7) is 2.01. The van der Waals surface area contributed by atoms with Crippen LogP contribution in [0.4, 0.5) is 0 Å². The van der Waals surface area contributed by atoms with Crippen molar-refractivity contribution in [3.8, 4) is 0 Å². The number of hydrogen-bond acceptors (Lipinski definition) is 3. The first-order chi connectivity index (χ1) is 12.0. The van der Waals surface area contributed by atoms with Crippen molar-refractivity contribution in [2.24, 2.45) is 0 Å². The fourth-order valence-corrected chi connectivity index (χ4v) is 2.65. The van der Waals surface area contributed by atoms with E-state index in [4.69, 9.17) is 11.6 Å². The maximum atomic E-state index is 12.6. The Morgan fingerprint density at radius 3 is 2.40 bits per heavy atom. The Morgan fingerprint density at radius 2 is 1.76 bits per heavy atom. The number of nitrogens with one attached hydrogen (secondary N) is 2. The van der Waals surface area contributed by atoms with E-state index in [1.807, 2.05) is 43.3 Å². The van der Waals surface area contributed by atoms with Gasteiger partial charge in [0.25, 0.3) is 11.5 Å². The summed E-state index contributed by atoms with van der Waals surface area (Å²) < 4.78 is 0. The number of amides is 1. The topological polar surface area (TPSA) is 74.8 Å². The fraction of sp³-hybridized carbons (Fsp3) is 0.105. The molecule has 2 N–H and O–H groups in total. The number of H-pyrrole nitrogens is 1. The monoisotopic (exact) mass is 353 g/mol. The van der Waals surface area contributed by atoms with Gasteiger partial charge in [-0.05, 0) is 36.2 Å². The van der Waals surface area contributed by atoms with Crippen LogP contribution in [0.3, 0.4) is 0 Å². The highest BCUT2D eigenvalue weighted by molar-refractivity contribution is 6.30. The van der Waals surface area contributed by atoms with E-state index in [2.05, 4.69) is 15.3 Å². The normalized spacial score (nSPS) is 11.8. The van der Waals surface area contributed by atoms with Crippen LogP contribution in [0, 0.1) is 6.92 Å². The van der Waals surface area contributed by atoms with Gasteiger partial charge in [-0.1, -0.05) is 41.4 Å². The van der Waals surface area contributed by atoms with Crippen molar-refractivity contribution in [1.82, 2.24) is 15.3 Å². The summed E-state index contributed by atoms with van der Waals surface area (Å²) in [5.41, 5.74) is 2.84. The number of carbonyl (C=O) groups excluding carboxylic acids is 1. The van der Waals surface area contributed by atoms with Crippen LogP contribution in [-0.2, 0) is 0 Å². The third kappa shape index (κ3) is 3.95. The van der Waals surface area contributed by atoms with Crippen LogP contribution < -0.4 is 10.9 Å². The van der Waals surface area contributed by atoms with E-state index < -0.39 is 5.56 Å². The van der Waals surface area contributed by atoms with Crippen LogP contribution in [0.5, 0.6) is 0 Å². The van der Waals surface area contributed by atoms with E-state index in [1.165, 1.54) is 12.3 Å². The molecular formula is C19H16ClN3O2. The van der Waals surface area contributed by atoms with Gasteiger partial charge in [0.15, 0.2) is 0 Å². The number of hydrogen-bond donors (Lipinski definition) is 2. The van der Waals surface area contributed by atoms with Crippen LogP contribution in [0.25, 0.3) is 0 Å². The van der Waals surface area contributed by atoms with Crippen LogP contribution in [0.2, 0.25) is 5.02 Å². The van der Waals surface area contributed by atoms with Crippen LogP contribution in [-0.4, -0.2) is 15.9 Å². The van der Waals surface area contributed by atoms with Crippen LogP contribution >= 0.6 is 11.6 Å². The molecule has 1 amide bonds. The minimum Gasteiger partial charge on any atom is -0.341 e. The summed E-state index contributed by atoms with van der Waals surface area (Å²) in [6.07, 6.45) is 4.71. The molecule has 0 radical (unpaired) electrons. The van der Waals surface area contributed by atoms with Gasteiger partial charge in [0.05, 0.1) is 11.6 Å². The van der Waals surface area contributed by atoms with Crippen molar-refractivity contribution in [2.75, 3.05) is 0 Å². The Kier molecular flexibility index (Phi) is 4.95. The quantitative estimate of drug-likeness (QED) is 0.756. The molecule has 0 saturated heterocycles. The predicted octanol–water partition coefficient (Wildman–Crippen LogP) is 3.25. The molecule has 0 aliphatic heterocycles. The zero-order valence-electron chi connectivity index (χ0n) is 13.5. The second-order valence-corrected chi connectivity index (χ2v) is 6.07. The molecular weight excluding hydrogens is 338 g/mol. The molecule has 0 fully saturated rings. The number of nitrogens with zero attached hydrogens (tertiary/aromatic N) is 1. The van der Waals surface area contributed by atoms with Gasteiger partial charge >= 0.3 is 0 Å². The van der Waals surface area contributed by atoms with Crippen molar-refractivity contribution in [3.63, 3.8) is 0 Å². The highest BCUT2D eigenvalue weighted by Crippen LogP contribution is 2.22. The number of aromatic amines is 1. The number of pyridine rings is 2. The number of benzene rings is 1. The predicted molar refractivity (Wildman–Crippen MR) is 96.8 cm³/mol. The minimum atomic E-state index is -0.428. The number of rotatable bonds is 4. The smallest absolute Gasteiger partial charge is 0.266 e. The molecule has 3 rings (SSSR count). The molecule has 0 aliphatic rings. The lowest BCUT2D eigenvalue weighted by molar-refractivity contribution is 0.0942. The maximum absolute atomic E-state index is 12.6. The van der Waals surface area contributed by atoms with Gasteiger partial charge in [0, 0.05) is 18.6 Å². The summed E-state index contributed by atoms with van der Waals surface area (Å²) in [5, 5.41) is 2.96. The lowest BCUT2D eigenvalue weighted by Gasteiger charge is -2.20. The summed E-state index contributed by atoms with van der Waals surface area (Å²) in [7, 11) is 0. The van der Waals surface area contributed by atoms with Gasteiger partial charge in [-0.2, -0.15) is 0 Å². The standard InChI is InChI=1S/C19H16ClN3O2/c1-12-2-4-13(5-3-12)17(14-6-8-21-9-7-14)23-18(24)15-10-16(20)19(25)22-11-15/h2-11,17H,1H3,(H,22,25)(H,23,24)/t17-/m1/s1. The number of aromatic nitrogens is 2. The van der Waals surface area contributed by atoms with Crippen LogP contribution in [0.15, 0.2) is 65.8 Å². The molecule has 0 saturated carbocycles. The summed E-state index contributed by atoms with van der Waals surface area (Å²) in [5.74, 6) is -0.333. The third-order valence-electron chi connectivity index (χ3n) is 3.85. The molecule has 2 heterocycles. The Labute approximate surface area is 149 Å². The van der Waals surface area contributed by atoms with Crippen molar-refractivity contribution < 1.29 is 4.79 Å². The molecule has 0 unspecified atom stereocenters. The van der Waals surface area contributed by atoms with Gasteiger partial charge in [-0.3, -0.25) is 14.6 Å². The molecule has 3 aromatic rings. The second-order valence-electron chi connectivity index (χ2n) is 5.66. The first kappa shape index (κ1) is 16.9. The van der Waals surface area contributed by atoms with Crippen molar-refractivity contribution >= 4 is 17.5 Å². The molecule has 1 aromatic carbocycles. The van der Waals surface area contributed by atoms with E-state index in [9.17, 15) is 9.59 Å². The number of aryl methyl sites for hydroxylation is 1. The molecule has 6 heteroatoms. The third-order valence-corrected chi connectivity index (χ3v) is 4.13. The molecule has 0 spiro atoms. The van der Waals surface area contributed by atoms with Crippen LogP contribution in [0.1, 0.15) is 33.1 Å². The average molecular weight is 354 g/mol. The summed E-state index contributed by atoms with van der Waals surface area (Å²) >= 11 is 5.81. The zero-order valence-corrected chi connectivity index (χ0v) is 14.2. The number of halogens is 1. The summed E-state index contributed by atoms with van der Waals surface area (Å²) in [4.78, 5) is 30.5.